The van der Waals surface area contributed by atoms with Crippen LogP contribution < -0.4 is 14.8 Å². The van der Waals surface area contributed by atoms with Crippen LogP contribution in [0.15, 0.2) is 48.5 Å². The van der Waals surface area contributed by atoms with Crippen LogP contribution in [0.25, 0.3) is 0 Å². The average Bonchev–Trinajstić information content (AvgIpc) is 2.57. The van der Waals surface area contributed by atoms with Crippen molar-refractivity contribution in [1.82, 2.24) is 4.90 Å². The second kappa shape index (κ2) is 9.22. The topological polar surface area (TPSA) is 50.8 Å². The van der Waals surface area contributed by atoms with E-state index in [-0.39, 0.29) is 30.6 Å². The number of ether oxygens (including phenoxy) is 2. The third-order valence-corrected chi connectivity index (χ3v) is 3.35. The molecule has 0 radical (unpaired) electrons. The summed E-state index contributed by atoms with van der Waals surface area (Å²) in [7, 11) is 1.69. The Morgan fingerprint density at radius 3 is 2.41 bits per heavy atom. The molecule has 0 aliphatic heterocycles. The Bertz CT molecular complexity index is 751. The van der Waals surface area contributed by atoms with Gasteiger partial charge >= 0.3 is 6.36 Å². The van der Waals surface area contributed by atoms with Crippen molar-refractivity contribution in [2.75, 3.05) is 32.1 Å². The molecule has 0 aliphatic carbocycles. The van der Waals surface area contributed by atoms with E-state index in [1.807, 2.05) is 0 Å². The molecule has 1 amide bonds. The molecule has 0 unspecified atom stereocenters. The Balaban J connectivity index is 1.73. The molecule has 0 heterocycles. The van der Waals surface area contributed by atoms with Crippen molar-refractivity contribution in [2.45, 2.75) is 6.36 Å². The molecule has 0 atom stereocenters. The summed E-state index contributed by atoms with van der Waals surface area (Å²) < 4.78 is 58.8. The zero-order valence-electron chi connectivity index (χ0n) is 14.4. The number of hydrogen-bond donors (Lipinski definition) is 1. The number of anilines is 1. The number of hydrogen-bond acceptors (Lipinski definition) is 4. The van der Waals surface area contributed by atoms with Gasteiger partial charge in [-0.05, 0) is 43.4 Å². The normalized spacial score (nSPS) is 11.3. The van der Waals surface area contributed by atoms with Crippen molar-refractivity contribution in [3.05, 3.63) is 54.3 Å². The third-order valence-electron chi connectivity index (χ3n) is 3.35. The number of carbonyl (C=O) groups is 1. The first-order valence-corrected chi connectivity index (χ1v) is 7.94. The minimum Gasteiger partial charge on any atom is -0.489 e. The molecule has 1 N–H and O–H groups in total. The second-order valence-electron chi connectivity index (χ2n) is 5.64. The molecular formula is C18H18F4N2O3. The Kier molecular flexibility index (Phi) is 7.00. The first-order valence-electron chi connectivity index (χ1n) is 7.94. The minimum atomic E-state index is -4.77. The van der Waals surface area contributed by atoms with Crippen molar-refractivity contribution in [3.63, 3.8) is 0 Å². The van der Waals surface area contributed by atoms with E-state index in [9.17, 15) is 22.4 Å². The van der Waals surface area contributed by atoms with E-state index in [2.05, 4.69) is 10.1 Å². The van der Waals surface area contributed by atoms with Crippen LogP contribution in [0.5, 0.6) is 11.5 Å². The van der Waals surface area contributed by atoms with Gasteiger partial charge in [-0.25, -0.2) is 4.39 Å². The van der Waals surface area contributed by atoms with E-state index in [4.69, 9.17) is 4.74 Å². The Morgan fingerprint density at radius 1 is 1.11 bits per heavy atom. The number of nitrogens with zero attached hydrogens (tertiary/aromatic N) is 1. The van der Waals surface area contributed by atoms with Gasteiger partial charge < -0.3 is 14.8 Å². The third kappa shape index (κ3) is 7.53. The summed E-state index contributed by atoms with van der Waals surface area (Å²) in [6.45, 7) is 0.593. The number of alkyl halides is 3. The maximum atomic E-state index is 13.4. The summed E-state index contributed by atoms with van der Waals surface area (Å²) in [4.78, 5) is 13.6. The van der Waals surface area contributed by atoms with E-state index in [0.717, 1.165) is 12.1 Å². The van der Waals surface area contributed by atoms with Crippen molar-refractivity contribution >= 4 is 11.6 Å². The molecule has 0 aliphatic rings. The van der Waals surface area contributed by atoms with E-state index in [1.54, 1.807) is 24.1 Å². The SMILES string of the molecule is CN(CCOc1ccccc1F)CC(=O)Nc1ccc(OC(F)(F)F)cc1. The van der Waals surface area contributed by atoms with Crippen molar-refractivity contribution in [3.8, 4) is 11.5 Å². The van der Waals surface area contributed by atoms with Gasteiger partial charge in [0, 0.05) is 12.2 Å². The van der Waals surface area contributed by atoms with E-state index in [1.165, 1.54) is 24.3 Å². The molecule has 5 nitrogen and oxygen atoms in total. The number of para-hydroxylation sites is 1. The number of carbonyl (C=O) groups excluding carboxylic acids is 1. The molecule has 2 rings (SSSR count). The lowest BCUT2D eigenvalue weighted by atomic mass is 10.3. The number of amides is 1. The second-order valence-corrected chi connectivity index (χ2v) is 5.64. The maximum absolute atomic E-state index is 13.4. The van der Waals surface area contributed by atoms with Crippen molar-refractivity contribution < 1.29 is 31.8 Å². The first kappa shape index (κ1) is 20.5. The van der Waals surface area contributed by atoms with Crippen LogP contribution >= 0.6 is 0 Å². The highest BCUT2D eigenvalue weighted by atomic mass is 19.4. The maximum Gasteiger partial charge on any atom is 0.573 e. The van der Waals surface area contributed by atoms with Gasteiger partial charge in [0.25, 0.3) is 0 Å². The molecular weight excluding hydrogens is 368 g/mol. The smallest absolute Gasteiger partial charge is 0.489 e. The Hall–Kier alpha value is -2.81. The molecule has 0 bridgehead atoms. The highest BCUT2D eigenvalue weighted by molar-refractivity contribution is 5.92. The predicted molar refractivity (Wildman–Crippen MR) is 91.1 cm³/mol. The zero-order valence-corrected chi connectivity index (χ0v) is 14.4. The van der Waals surface area contributed by atoms with Crippen LogP contribution in [0.2, 0.25) is 0 Å². The number of nitrogens with one attached hydrogen (secondary N) is 1. The van der Waals surface area contributed by atoms with Gasteiger partial charge in [-0.2, -0.15) is 0 Å². The number of rotatable bonds is 8. The fourth-order valence-electron chi connectivity index (χ4n) is 2.14. The van der Waals surface area contributed by atoms with Crippen molar-refractivity contribution in [1.29, 1.82) is 0 Å². The largest absolute Gasteiger partial charge is 0.573 e. The van der Waals surface area contributed by atoms with E-state index < -0.39 is 12.2 Å². The molecule has 0 saturated carbocycles. The fourth-order valence-corrected chi connectivity index (χ4v) is 2.14. The highest BCUT2D eigenvalue weighted by Crippen LogP contribution is 2.23. The molecule has 146 valence electrons. The van der Waals surface area contributed by atoms with Gasteiger partial charge in [-0.1, -0.05) is 12.1 Å². The van der Waals surface area contributed by atoms with Gasteiger partial charge in [0.15, 0.2) is 11.6 Å². The summed E-state index contributed by atoms with van der Waals surface area (Å²) in [5, 5.41) is 2.56. The van der Waals surface area contributed by atoms with Crippen LogP contribution in [0.3, 0.4) is 0 Å². The quantitative estimate of drug-likeness (QED) is 0.704. The monoisotopic (exact) mass is 386 g/mol. The van der Waals surface area contributed by atoms with E-state index in [0.29, 0.717) is 12.2 Å². The molecule has 9 heteroatoms. The Labute approximate surface area is 153 Å². The summed E-state index contributed by atoms with van der Waals surface area (Å²) in [6.07, 6.45) is -4.77. The predicted octanol–water partition coefficient (Wildman–Crippen LogP) is 3.67. The van der Waals surface area contributed by atoms with Gasteiger partial charge in [0.05, 0.1) is 6.54 Å². The molecule has 0 fully saturated rings. The molecule has 2 aromatic rings. The highest BCUT2D eigenvalue weighted by Gasteiger charge is 2.30. The molecule has 0 spiro atoms. The molecule has 0 saturated heterocycles. The standard InChI is InChI=1S/C18H18F4N2O3/c1-24(10-11-26-16-5-3-2-4-15(16)19)12-17(25)23-13-6-8-14(9-7-13)27-18(20,21)22/h2-9H,10-12H2,1H3,(H,23,25). The van der Waals surface area contributed by atoms with Crippen LogP contribution in [-0.2, 0) is 4.79 Å². The first-order chi connectivity index (χ1) is 12.7. The summed E-state index contributed by atoms with van der Waals surface area (Å²) in [5.41, 5.74) is 0.338. The van der Waals surface area contributed by atoms with Crippen LogP contribution in [0, 0.1) is 5.82 Å². The number of benzene rings is 2. The van der Waals surface area contributed by atoms with Crippen LogP contribution in [0.1, 0.15) is 0 Å². The molecule has 0 aromatic heterocycles. The lowest BCUT2D eigenvalue weighted by Crippen LogP contribution is -2.33. The molecule has 27 heavy (non-hydrogen) atoms. The summed E-state index contributed by atoms with van der Waals surface area (Å²) in [6, 6.07) is 10.8. The summed E-state index contributed by atoms with van der Waals surface area (Å²) in [5.74, 6) is -1.05. The van der Waals surface area contributed by atoms with Gasteiger partial charge in [0.2, 0.25) is 5.91 Å². The summed E-state index contributed by atoms with van der Waals surface area (Å²) >= 11 is 0. The fraction of sp³-hybridized carbons (Fsp3) is 0.278. The molecule has 2 aromatic carbocycles. The number of halogens is 4. The number of likely N-dealkylation sites (N-methyl/N-ethyl adjacent to an activating group) is 1. The minimum absolute atomic E-state index is 0.0292. The van der Waals surface area contributed by atoms with Crippen LogP contribution in [0.4, 0.5) is 23.2 Å². The van der Waals surface area contributed by atoms with E-state index >= 15 is 0 Å². The average molecular weight is 386 g/mol. The van der Waals surface area contributed by atoms with Gasteiger partial charge in [-0.3, -0.25) is 9.69 Å². The van der Waals surface area contributed by atoms with Crippen molar-refractivity contribution in [2.24, 2.45) is 0 Å². The lowest BCUT2D eigenvalue weighted by Gasteiger charge is -2.17. The van der Waals surface area contributed by atoms with Crippen LogP contribution in [-0.4, -0.2) is 43.9 Å². The van der Waals surface area contributed by atoms with Gasteiger partial charge in [-0.15, -0.1) is 13.2 Å². The van der Waals surface area contributed by atoms with Gasteiger partial charge in [0.1, 0.15) is 12.4 Å². The Morgan fingerprint density at radius 2 is 1.78 bits per heavy atom. The lowest BCUT2D eigenvalue weighted by molar-refractivity contribution is -0.274. The zero-order chi connectivity index (χ0) is 19.9.